The number of rotatable bonds is 8. The molecule has 16 atom stereocenters. The van der Waals surface area contributed by atoms with Gasteiger partial charge in [0.25, 0.3) is 0 Å². The average Bonchev–Trinajstić information content (AvgIpc) is 0.772. The van der Waals surface area contributed by atoms with E-state index in [-0.39, 0.29) is 33.2 Å². The molecule has 0 aliphatic carbocycles. The van der Waals surface area contributed by atoms with Crippen LogP contribution in [0.5, 0.6) is 46.0 Å². The summed E-state index contributed by atoms with van der Waals surface area (Å²) < 4.78 is 37.5. The number of hydrogen-bond acceptors (Lipinski definition) is 24. The number of phenolic OH excluding ortho intramolecular Hbond substituents is 3. The fourth-order valence-corrected chi connectivity index (χ4v) is 11.6. The number of nitrogens with one attached hydrogen (secondary N) is 5. The fraction of sp³-hybridized carbons (Fsp3) is 0.356. The largest absolute Gasteiger partial charge is 0.508 e. The van der Waals surface area contributed by atoms with Crippen molar-refractivity contribution in [2.24, 2.45) is 17.2 Å². The van der Waals surface area contributed by atoms with Gasteiger partial charge in [-0.3, -0.25) is 33.6 Å². The van der Waals surface area contributed by atoms with E-state index in [1.165, 1.54) is 32.0 Å². The number of aliphatic hydroxyl groups is 5. The number of aromatic hydroxyl groups is 3. The number of ether oxygens (including phenoxy) is 6. The Kier molecular flexibility index (Phi) is 18.6. The van der Waals surface area contributed by atoms with Gasteiger partial charge in [0.1, 0.15) is 102 Å². The van der Waals surface area contributed by atoms with Crippen LogP contribution >= 0.6 is 23.2 Å². The van der Waals surface area contributed by atoms with Crippen LogP contribution in [0.25, 0.3) is 11.1 Å². The zero-order valence-electron chi connectivity index (χ0n) is 48.0. The summed E-state index contributed by atoms with van der Waals surface area (Å²) in [7, 11) is 0. The molecule has 5 aromatic rings. The van der Waals surface area contributed by atoms with Gasteiger partial charge in [0.2, 0.25) is 47.5 Å². The number of aliphatic carboxylic acids is 1. The lowest BCUT2D eigenvalue weighted by Gasteiger charge is -2.40. The number of fused-ring (bicyclic) bond motifs is 15. The minimum atomic E-state index is -2.29. The molecule has 12 rings (SSSR count). The molecular formula is C59H60Cl2N8O23. The third kappa shape index (κ3) is 13.1. The van der Waals surface area contributed by atoms with E-state index in [4.69, 9.17) is 68.8 Å². The van der Waals surface area contributed by atoms with Crippen LogP contribution in [0.3, 0.4) is 0 Å². The first-order valence-corrected chi connectivity index (χ1v) is 28.8. The molecule has 20 N–H and O–H groups in total. The van der Waals surface area contributed by atoms with Gasteiger partial charge in [-0.05, 0) is 90.7 Å². The van der Waals surface area contributed by atoms with Crippen molar-refractivity contribution in [2.75, 3.05) is 6.61 Å². The lowest BCUT2D eigenvalue weighted by Crippen LogP contribution is -2.60. The third-order valence-corrected chi connectivity index (χ3v) is 16.5. The van der Waals surface area contributed by atoms with E-state index in [0.717, 1.165) is 60.7 Å². The topological polar surface area (TPSA) is 512 Å². The van der Waals surface area contributed by atoms with E-state index in [1.54, 1.807) is 0 Å². The highest BCUT2D eigenvalue weighted by molar-refractivity contribution is 6.32. The van der Waals surface area contributed by atoms with Crippen LogP contribution in [0, 0.1) is 0 Å². The molecule has 7 heterocycles. The maximum atomic E-state index is 15.9. The summed E-state index contributed by atoms with van der Waals surface area (Å²) in [6.07, 6.45) is -17.9. The van der Waals surface area contributed by atoms with E-state index in [0.29, 0.717) is 0 Å². The van der Waals surface area contributed by atoms with Gasteiger partial charge in [-0.1, -0.05) is 41.4 Å². The zero-order valence-corrected chi connectivity index (χ0v) is 49.5. The average molecular weight is 1320 g/mol. The second kappa shape index (κ2) is 26.0. The van der Waals surface area contributed by atoms with Gasteiger partial charge in [-0.15, -0.1) is 0 Å². The summed E-state index contributed by atoms with van der Waals surface area (Å²) in [5, 5.41) is 111. The quantitative estimate of drug-likeness (QED) is 0.0933. The standard InChI is InChI=1S/C59H60Cl2N8O23/c1-19-51(79)59(2,64)17-38(87-19)91-49-22-5-8-33(28(61)11-22)89-35-13-23-12-34(50(35)92-58-48(78)47(77)46(76)36(18-70)90-58)88-32-7-4-21(10-27(32)60)45(75)40(63)53(81)65-29(16-37(62)74)52(80)66-42(23)55(83)67-41-20-3-6-30(72)25(9-20)39-26(14-24(71)15-31(39)73)43(57(85)86)68-56(84)44(49)69-54(41)82/h3-15,19,29,36,38,40-49,58,70-73,75-78H,16-18,63-64H2,1-2H3,(H2,62,74)(H,65,81)(H,66,80)(H,67,83)(H,68,84)(H,69,82)(H,85,86)/t19-,29-,36+,38-,40+,41+,42+,43-,44-,45+,46+,47-,48+,49+,58-,59-/m0/s1. The Hall–Kier alpha value is -8.96. The van der Waals surface area contributed by atoms with E-state index in [1.807, 2.05) is 0 Å². The molecule has 6 amide bonds. The second-order valence-corrected chi connectivity index (χ2v) is 23.4. The maximum absolute atomic E-state index is 15.9. The van der Waals surface area contributed by atoms with E-state index < -0.39 is 226 Å². The Labute approximate surface area is 529 Å². The minimum Gasteiger partial charge on any atom is -0.508 e. The Bertz CT molecular complexity index is 3840. The molecule has 7 aliphatic heterocycles. The van der Waals surface area contributed by atoms with Crippen molar-refractivity contribution in [1.29, 1.82) is 0 Å². The molecule has 2 saturated heterocycles. The number of carboxylic acid groups (broad SMARTS) is 1. The molecule has 0 unspecified atom stereocenters. The molecule has 0 radical (unpaired) electrons. The van der Waals surface area contributed by atoms with Gasteiger partial charge < -0.3 is 118 Å². The number of Topliss-reactive ketones (excluding diaryl/α,β-unsaturated/α-hetero) is 1. The van der Waals surface area contributed by atoms with Crippen molar-refractivity contribution in [2.45, 2.75) is 124 Å². The van der Waals surface area contributed by atoms with Gasteiger partial charge >= 0.3 is 5.97 Å². The summed E-state index contributed by atoms with van der Waals surface area (Å²) in [4.78, 5) is 115. The SMILES string of the molecule is C[C@@H]1O[C@@H](O[C@@H]2c3ccc(c(Cl)c3)Oc3cc4cc(c3O[C@@H]3O[C@H](CO)[C@@H](O)[C@H](O)[C@H]3O)Oc3ccc(cc3Cl)[C@@H](O)[C@@H](N)C(=O)N[C@@H](CC(N)=O)C(=O)N[C@H]4C(=O)N[C@H]3C(=O)N[C@@H]2C(=O)N[C@H](C(=O)O)c2cc(O)cc(O)c2-c2cc3ccc2O)C[C@](C)(N)C1=O. The lowest BCUT2D eigenvalue weighted by molar-refractivity contribution is -0.277. The van der Waals surface area contributed by atoms with Crippen LogP contribution in [0.15, 0.2) is 78.9 Å². The van der Waals surface area contributed by atoms with E-state index in [2.05, 4.69) is 26.6 Å². The van der Waals surface area contributed by atoms with Crippen LogP contribution in [-0.2, 0) is 52.6 Å². The molecule has 31 nitrogen and oxygen atoms in total. The summed E-state index contributed by atoms with van der Waals surface area (Å²) in [5.41, 5.74) is 14.0. The summed E-state index contributed by atoms with van der Waals surface area (Å²) in [5.74, 6) is -15.3. The van der Waals surface area contributed by atoms with Gasteiger partial charge in [0.15, 0.2) is 29.6 Å². The molecule has 0 spiro atoms. The number of halogens is 2. The number of carboxylic acids is 1. The number of nitrogens with two attached hydrogens (primary N) is 3. The molecule has 0 aromatic heterocycles. The van der Waals surface area contributed by atoms with Crippen LogP contribution in [0.4, 0.5) is 0 Å². The van der Waals surface area contributed by atoms with E-state index >= 15 is 14.4 Å². The van der Waals surface area contributed by atoms with Crippen LogP contribution in [0.2, 0.25) is 10.0 Å². The molecule has 488 valence electrons. The zero-order chi connectivity index (χ0) is 66.7. The highest BCUT2D eigenvalue weighted by Crippen LogP contribution is 2.50. The summed E-state index contributed by atoms with van der Waals surface area (Å²) in [6, 6.07) is 0.882. The second-order valence-electron chi connectivity index (χ2n) is 22.6. The number of carbonyl (C=O) groups excluding carboxylic acids is 7. The van der Waals surface area contributed by atoms with Gasteiger partial charge in [-0.25, -0.2) is 4.79 Å². The highest BCUT2D eigenvalue weighted by Gasteiger charge is 2.48. The molecule has 2 fully saturated rings. The van der Waals surface area contributed by atoms with Crippen LogP contribution < -0.4 is 58.0 Å². The van der Waals surface area contributed by atoms with Gasteiger partial charge in [-0.2, -0.15) is 0 Å². The molecule has 5 aromatic carbocycles. The predicted octanol–water partition coefficient (Wildman–Crippen LogP) is -0.477. The summed E-state index contributed by atoms with van der Waals surface area (Å²) in [6.45, 7) is 1.79. The number of primary amides is 1. The Morgan fingerprint density at radius 1 is 0.685 bits per heavy atom. The maximum Gasteiger partial charge on any atom is 0.330 e. The molecule has 0 saturated carbocycles. The highest BCUT2D eigenvalue weighted by atomic mass is 35.5. The molecular weight excluding hydrogens is 1260 g/mol. The first-order chi connectivity index (χ1) is 43.4. The molecule has 33 heteroatoms. The van der Waals surface area contributed by atoms with Crippen LogP contribution in [-0.4, -0.2) is 167 Å². The number of aliphatic hydroxyl groups excluding tert-OH is 5. The lowest BCUT2D eigenvalue weighted by atomic mass is 9.88. The number of ketones is 1. The Morgan fingerprint density at radius 2 is 1.29 bits per heavy atom. The van der Waals surface area contributed by atoms with Gasteiger partial charge in [0.05, 0.1) is 28.6 Å². The number of benzene rings is 5. The summed E-state index contributed by atoms with van der Waals surface area (Å²) >= 11 is 14.0. The molecule has 7 aliphatic rings. The minimum absolute atomic E-state index is 0.0961. The van der Waals surface area contributed by atoms with Crippen molar-refractivity contribution >= 4 is 70.4 Å². The molecule has 92 heavy (non-hydrogen) atoms. The normalized spacial score (nSPS) is 30.0. The van der Waals surface area contributed by atoms with Crippen molar-refractivity contribution in [3.8, 4) is 57.1 Å². The van der Waals surface area contributed by atoms with Crippen molar-refractivity contribution in [3.63, 3.8) is 0 Å². The first-order valence-electron chi connectivity index (χ1n) is 28.0. The fourth-order valence-electron chi connectivity index (χ4n) is 11.2. The third-order valence-electron chi connectivity index (χ3n) is 15.9. The monoisotopic (exact) mass is 1320 g/mol. The smallest absolute Gasteiger partial charge is 0.330 e. The number of carbonyl (C=O) groups is 8. The Balaban J connectivity index is 1.27. The van der Waals surface area contributed by atoms with Gasteiger partial charge in [0, 0.05) is 29.2 Å². The number of hydrogen-bond donors (Lipinski definition) is 17. The number of phenols is 3. The van der Waals surface area contributed by atoms with Crippen molar-refractivity contribution in [3.05, 3.63) is 117 Å². The van der Waals surface area contributed by atoms with Crippen molar-refractivity contribution < 1.29 is 113 Å². The van der Waals surface area contributed by atoms with Crippen LogP contribution in [0.1, 0.15) is 84.8 Å². The predicted molar refractivity (Wildman–Crippen MR) is 312 cm³/mol. The molecule has 11 bridgehead atoms. The van der Waals surface area contributed by atoms with Crippen molar-refractivity contribution in [1.82, 2.24) is 26.6 Å². The first kappa shape index (κ1) is 66.0. The Morgan fingerprint density at radius 3 is 1.91 bits per heavy atom. The number of amides is 6. The van der Waals surface area contributed by atoms with E-state index in [9.17, 15) is 69.9 Å².